The van der Waals surface area contributed by atoms with Gasteiger partial charge in [0.1, 0.15) is 5.75 Å². The fraction of sp³-hybridized carbons (Fsp3) is 0.682. The van der Waals surface area contributed by atoms with Crippen molar-refractivity contribution in [3.8, 4) is 5.75 Å². The highest BCUT2D eigenvalue weighted by Gasteiger charge is 2.26. The number of piperazine rings is 1. The van der Waals surface area contributed by atoms with Crippen molar-refractivity contribution in [2.75, 3.05) is 53.4 Å². The van der Waals surface area contributed by atoms with E-state index in [2.05, 4.69) is 29.8 Å². The van der Waals surface area contributed by atoms with Crippen molar-refractivity contribution in [3.05, 3.63) is 29.8 Å². The average molecular weight is 374 g/mol. The van der Waals surface area contributed by atoms with Crippen LogP contribution in [-0.4, -0.2) is 80.1 Å². The van der Waals surface area contributed by atoms with Gasteiger partial charge in [0.2, 0.25) is 5.91 Å². The predicted octanol–water partition coefficient (Wildman–Crippen LogP) is 2.82. The molecule has 0 bridgehead atoms. The second-order valence-corrected chi connectivity index (χ2v) is 8.16. The zero-order valence-corrected chi connectivity index (χ0v) is 17.2. The molecule has 5 heteroatoms. The maximum atomic E-state index is 12.8. The molecule has 0 N–H and O–H groups in total. The molecular weight excluding hydrogens is 338 g/mol. The van der Waals surface area contributed by atoms with Gasteiger partial charge in [0.05, 0.1) is 7.11 Å². The maximum Gasteiger partial charge on any atom is 0.223 e. The molecule has 2 saturated heterocycles. The molecule has 150 valence electrons. The molecule has 2 heterocycles. The molecule has 0 radical (unpaired) electrons. The smallest absolute Gasteiger partial charge is 0.223 e. The third kappa shape index (κ3) is 5.23. The van der Waals surface area contributed by atoms with Crippen LogP contribution < -0.4 is 4.74 Å². The van der Waals surface area contributed by atoms with Gasteiger partial charge >= 0.3 is 0 Å². The zero-order chi connectivity index (χ0) is 19.2. The standard InChI is InChI=1S/C22H35N3O2/c1-18(20-9-4-5-10-21(20)27-3)16-22(26)25-14-12-24(13-15-25)17-19-8-6-7-11-23(19)2/h4-5,9-10,18-19H,6-8,11-17H2,1-3H3. The molecule has 1 amide bonds. The third-order valence-electron chi connectivity index (χ3n) is 6.27. The van der Waals surface area contributed by atoms with Gasteiger partial charge in [-0.3, -0.25) is 9.69 Å². The third-order valence-corrected chi connectivity index (χ3v) is 6.27. The van der Waals surface area contributed by atoms with Crippen molar-refractivity contribution in [2.24, 2.45) is 0 Å². The maximum absolute atomic E-state index is 12.8. The van der Waals surface area contributed by atoms with Crippen LogP contribution in [0.15, 0.2) is 24.3 Å². The Bertz CT molecular complexity index is 613. The van der Waals surface area contributed by atoms with Crippen LogP contribution in [0.2, 0.25) is 0 Å². The summed E-state index contributed by atoms with van der Waals surface area (Å²) in [5.41, 5.74) is 1.12. The normalized spacial score (nSPS) is 23.2. The van der Waals surface area contributed by atoms with Gasteiger partial charge in [-0.25, -0.2) is 0 Å². The summed E-state index contributed by atoms with van der Waals surface area (Å²) >= 11 is 0. The molecular formula is C22H35N3O2. The lowest BCUT2D eigenvalue weighted by Crippen LogP contribution is -2.53. The first-order chi connectivity index (χ1) is 13.1. The van der Waals surface area contributed by atoms with Crippen LogP contribution in [0.3, 0.4) is 0 Å². The van der Waals surface area contributed by atoms with E-state index in [0.717, 1.165) is 44.0 Å². The van der Waals surface area contributed by atoms with E-state index in [1.165, 1.54) is 25.8 Å². The number of benzene rings is 1. The topological polar surface area (TPSA) is 36.0 Å². The van der Waals surface area contributed by atoms with E-state index in [-0.39, 0.29) is 11.8 Å². The van der Waals surface area contributed by atoms with E-state index in [4.69, 9.17) is 4.74 Å². The highest BCUT2D eigenvalue weighted by atomic mass is 16.5. The van der Waals surface area contributed by atoms with Crippen LogP contribution in [0.25, 0.3) is 0 Å². The second-order valence-electron chi connectivity index (χ2n) is 8.16. The molecule has 0 spiro atoms. The molecule has 1 aromatic carbocycles. The Balaban J connectivity index is 1.47. The van der Waals surface area contributed by atoms with Crippen LogP contribution in [0, 0.1) is 0 Å². The Hall–Kier alpha value is -1.59. The van der Waals surface area contributed by atoms with Gasteiger partial charge in [-0.2, -0.15) is 0 Å². The summed E-state index contributed by atoms with van der Waals surface area (Å²) in [4.78, 5) is 19.9. The molecule has 2 unspecified atom stereocenters. The van der Waals surface area contributed by atoms with Crippen molar-refractivity contribution in [3.63, 3.8) is 0 Å². The van der Waals surface area contributed by atoms with Crippen molar-refractivity contribution in [1.29, 1.82) is 0 Å². The van der Waals surface area contributed by atoms with Crippen molar-refractivity contribution in [1.82, 2.24) is 14.7 Å². The Morgan fingerprint density at radius 3 is 2.59 bits per heavy atom. The number of likely N-dealkylation sites (tertiary alicyclic amines) is 1. The van der Waals surface area contributed by atoms with Gasteiger partial charge in [0.25, 0.3) is 0 Å². The number of hydrogen-bond donors (Lipinski definition) is 0. The van der Waals surface area contributed by atoms with E-state index in [0.29, 0.717) is 12.5 Å². The highest BCUT2D eigenvalue weighted by Crippen LogP contribution is 2.29. The molecule has 1 aromatic rings. The fourth-order valence-electron chi connectivity index (χ4n) is 4.43. The van der Waals surface area contributed by atoms with Crippen molar-refractivity contribution >= 4 is 5.91 Å². The minimum Gasteiger partial charge on any atom is -0.496 e. The lowest BCUT2D eigenvalue weighted by atomic mass is 9.96. The number of nitrogens with zero attached hydrogens (tertiary/aromatic N) is 3. The number of likely N-dealkylation sites (N-methyl/N-ethyl adjacent to an activating group) is 1. The predicted molar refractivity (Wildman–Crippen MR) is 109 cm³/mol. The summed E-state index contributed by atoms with van der Waals surface area (Å²) in [5.74, 6) is 1.31. The summed E-state index contributed by atoms with van der Waals surface area (Å²) in [7, 11) is 3.94. The number of carbonyl (C=O) groups is 1. The van der Waals surface area contributed by atoms with E-state index in [1.807, 2.05) is 23.1 Å². The molecule has 27 heavy (non-hydrogen) atoms. The number of methoxy groups -OCH3 is 1. The van der Waals surface area contributed by atoms with Crippen LogP contribution in [-0.2, 0) is 4.79 Å². The van der Waals surface area contributed by atoms with E-state index < -0.39 is 0 Å². The largest absolute Gasteiger partial charge is 0.496 e. The Kier molecular flexibility index (Phi) is 7.13. The van der Waals surface area contributed by atoms with Crippen LogP contribution >= 0.6 is 0 Å². The number of rotatable bonds is 6. The lowest BCUT2D eigenvalue weighted by Gasteiger charge is -2.40. The Morgan fingerprint density at radius 1 is 1.15 bits per heavy atom. The van der Waals surface area contributed by atoms with Gasteiger partial charge in [-0.1, -0.05) is 31.5 Å². The minimum atomic E-state index is 0.169. The molecule has 0 aliphatic carbocycles. The summed E-state index contributed by atoms with van der Waals surface area (Å²) in [6.07, 6.45) is 4.55. The summed E-state index contributed by atoms with van der Waals surface area (Å²) in [6.45, 7) is 8.20. The number of hydrogen-bond acceptors (Lipinski definition) is 4. The van der Waals surface area contributed by atoms with Crippen LogP contribution in [0.1, 0.15) is 44.1 Å². The van der Waals surface area contributed by atoms with E-state index in [9.17, 15) is 4.79 Å². The van der Waals surface area contributed by atoms with Gasteiger partial charge < -0.3 is 14.5 Å². The number of piperidine rings is 1. The molecule has 2 fully saturated rings. The number of ether oxygens (including phenoxy) is 1. The summed E-state index contributed by atoms with van der Waals surface area (Å²) in [5, 5.41) is 0. The summed E-state index contributed by atoms with van der Waals surface area (Å²) < 4.78 is 5.45. The molecule has 5 nitrogen and oxygen atoms in total. The quantitative estimate of drug-likeness (QED) is 0.768. The van der Waals surface area contributed by atoms with Gasteiger partial charge in [-0.15, -0.1) is 0 Å². The van der Waals surface area contributed by atoms with Gasteiger partial charge in [-0.05, 0) is 44.0 Å². The van der Waals surface area contributed by atoms with Crippen LogP contribution in [0.5, 0.6) is 5.75 Å². The number of amides is 1. The first-order valence-corrected chi connectivity index (χ1v) is 10.4. The van der Waals surface area contributed by atoms with Crippen LogP contribution in [0.4, 0.5) is 0 Å². The zero-order valence-electron chi connectivity index (χ0n) is 17.2. The lowest BCUT2D eigenvalue weighted by molar-refractivity contribution is -0.133. The fourth-order valence-corrected chi connectivity index (χ4v) is 4.43. The SMILES string of the molecule is COc1ccccc1C(C)CC(=O)N1CCN(CC2CCCCN2C)CC1. The first kappa shape index (κ1) is 20.2. The van der Waals surface area contributed by atoms with Crippen molar-refractivity contribution < 1.29 is 9.53 Å². The number of para-hydroxylation sites is 1. The minimum absolute atomic E-state index is 0.169. The highest BCUT2D eigenvalue weighted by molar-refractivity contribution is 5.77. The molecule has 3 rings (SSSR count). The van der Waals surface area contributed by atoms with Gasteiger partial charge in [0, 0.05) is 45.2 Å². The first-order valence-electron chi connectivity index (χ1n) is 10.4. The molecule has 0 aromatic heterocycles. The molecule has 2 aliphatic rings. The molecule has 2 aliphatic heterocycles. The Labute approximate surface area is 164 Å². The molecule has 0 saturated carbocycles. The van der Waals surface area contributed by atoms with E-state index in [1.54, 1.807) is 7.11 Å². The summed E-state index contributed by atoms with van der Waals surface area (Å²) in [6, 6.07) is 8.71. The monoisotopic (exact) mass is 373 g/mol. The Morgan fingerprint density at radius 2 is 1.89 bits per heavy atom. The average Bonchev–Trinajstić information content (AvgIpc) is 2.70. The number of carbonyl (C=O) groups excluding carboxylic acids is 1. The van der Waals surface area contributed by atoms with Gasteiger partial charge in [0.15, 0.2) is 0 Å². The van der Waals surface area contributed by atoms with E-state index >= 15 is 0 Å². The second kappa shape index (κ2) is 9.56. The molecule has 2 atom stereocenters. The van der Waals surface area contributed by atoms with Crippen molar-refractivity contribution in [2.45, 2.75) is 44.6 Å².